The van der Waals surface area contributed by atoms with Crippen molar-refractivity contribution >= 4 is 17.9 Å². The molecule has 0 aromatic rings. The summed E-state index contributed by atoms with van der Waals surface area (Å²) < 4.78 is 0. The Morgan fingerprint density at radius 3 is 1.83 bits per heavy atom. The standard InChI is InChI=1S/C10H18N2O6/c11-4-2-1-3-7(10(17)18)12(5-8(13)14)6-9(15)16/h7H,1-6,11H2,(H,13,14)(H,15,16)(H,17,18)/t7-/m1/s1. The minimum Gasteiger partial charge on any atom is -0.480 e. The molecule has 5 N–H and O–H groups in total. The largest absolute Gasteiger partial charge is 0.480 e. The van der Waals surface area contributed by atoms with E-state index < -0.39 is 37.0 Å². The Hall–Kier alpha value is -1.67. The van der Waals surface area contributed by atoms with Crippen molar-refractivity contribution in [2.45, 2.75) is 25.3 Å². The zero-order valence-electron chi connectivity index (χ0n) is 9.91. The smallest absolute Gasteiger partial charge is 0.320 e. The van der Waals surface area contributed by atoms with Gasteiger partial charge in [-0.15, -0.1) is 0 Å². The predicted molar refractivity (Wildman–Crippen MR) is 61.2 cm³/mol. The fraction of sp³-hybridized carbons (Fsp3) is 0.700. The van der Waals surface area contributed by atoms with E-state index in [4.69, 9.17) is 21.1 Å². The highest BCUT2D eigenvalue weighted by atomic mass is 16.4. The van der Waals surface area contributed by atoms with Crippen molar-refractivity contribution in [3.63, 3.8) is 0 Å². The highest BCUT2D eigenvalue weighted by Crippen LogP contribution is 2.09. The Morgan fingerprint density at radius 1 is 1.00 bits per heavy atom. The average molecular weight is 262 g/mol. The van der Waals surface area contributed by atoms with Gasteiger partial charge in [-0.1, -0.05) is 6.42 Å². The van der Waals surface area contributed by atoms with E-state index in [-0.39, 0.29) is 6.42 Å². The van der Waals surface area contributed by atoms with Crippen molar-refractivity contribution in [2.75, 3.05) is 19.6 Å². The van der Waals surface area contributed by atoms with Gasteiger partial charge in [-0.25, -0.2) is 0 Å². The van der Waals surface area contributed by atoms with Crippen molar-refractivity contribution in [3.05, 3.63) is 0 Å². The van der Waals surface area contributed by atoms with Crippen molar-refractivity contribution in [1.29, 1.82) is 0 Å². The zero-order chi connectivity index (χ0) is 14.1. The number of aliphatic carboxylic acids is 3. The summed E-state index contributed by atoms with van der Waals surface area (Å²) in [7, 11) is 0. The lowest BCUT2D eigenvalue weighted by Crippen LogP contribution is -2.46. The number of hydrogen-bond acceptors (Lipinski definition) is 5. The highest BCUT2D eigenvalue weighted by Gasteiger charge is 2.28. The first kappa shape index (κ1) is 16.3. The van der Waals surface area contributed by atoms with Gasteiger partial charge in [-0.05, 0) is 19.4 Å². The summed E-state index contributed by atoms with van der Waals surface area (Å²) in [5.74, 6) is -3.75. The van der Waals surface area contributed by atoms with Crippen LogP contribution >= 0.6 is 0 Å². The Balaban J connectivity index is 4.67. The van der Waals surface area contributed by atoms with Crippen LogP contribution in [0.15, 0.2) is 0 Å². The van der Waals surface area contributed by atoms with Gasteiger partial charge >= 0.3 is 17.9 Å². The Bertz CT molecular complexity index is 291. The van der Waals surface area contributed by atoms with E-state index in [1.54, 1.807) is 0 Å². The van der Waals surface area contributed by atoms with Crippen LogP contribution in [0.3, 0.4) is 0 Å². The number of rotatable bonds is 10. The van der Waals surface area contributed by atoms with Crippen LogP contribution < -0.4 is 5.73 Å². The quantitative estimate of drug-likeness (QED) is 0.369. The average Bonchev–Trinajstić information content (AvgIpc) is 2.21. The molecule has 1 atom stereocenters. The second-order valence-corrected chi connectivity index (χ2v) is 3.83. The Kier molecular flexibility index (Phi) is 7.64. The van der Waals surface area contributed by atoms with Gasteiger partial charge in [0.2, 0.25) is 0 Å². The van der Waals surface area contributed by atoms with Gasteiger partial charge in [-0.3, -0.25) is 19.3 Å². The molecule has 18 heavy (non-hydrogen) atoms. The number of carboxylic acid groups (broad SMARTS) is 3. The highest BCUT2D eigenvalue weighted by molar-refractivity contribution is 5.78. The molecule has 8 heteroatoms. The van der Waals surface area contributed by atoms with Crippen molar-refractivity contribution < 1.29 is 29.7 Å². The summed E-state index contributed by atoms with van der Waals surface area (Å²) in [6.45, 7) is -0.831. The lowest BCUT2D eigenvalue weighted by molar-refractivity contribution is -0.149. The van der Waals surface area contributed by atoms with E-state index in [1.165, 1.54) is 0 Å². The number of carboxylic acids is 3. The van der Waals surface area contributed by atoms with Gasteiger partial charge in [-0.2, -0.15) is 0 Å². The van der Waals surface area contributed by atoms with Gasteiger partial charge in [0, 0.05) is 0 Å². The summed E-state index contributed by atoms with van der Waals surface area (Å²) in [5.41, 5.74) is 5.28. The predicted octanol–water partition coefficient (Wildman–Crippen LogP) is -0.960. The number of unbranched alkanes of at least 4 members (excludes halogenated alkanes) is 1. The fourth-order valence-corrected chi connectivity index (χ4v) is 1.57. The first-order valence-electron chi connectivity index (χ1n) is 5.49. The molecule has 104 valence electrons. The second-order valence-electron chi connectivity index (χ2n) is 3.83. The minimum absolute atomic E-state index is 0.174. The first-order chi connectivity index (χ1) is 8.38. The summed E-state index contributed by atoms with van der Waals surface area (Å²) in [5, 5.41) is 26.3. The van der Waals surface area contributed by atoms with Crippen LogP contribution in [0.4, 0.5) is 0 Å². The lowest BCUT2D eigenvalue weighted by Gasteiger charge is -2.25. The first-order valence-corrected chi connectivity index (χ1v) is 5.49. The van der Waals surface area contributed by atoms with Gasteiger partial charge in [0.1, 0.15) is 6.04 Å². The molecule has 0 saturated heterocycles. The number of nitrogens with two attached hydrogens (primary N) is 1. The normalized spacial score (nSPS) is 12.3. The van der Waals surface area contributed by atoms with Crippen LogP contribution in [0.25, 0.3) is 0 Å². The van der Waals surface area contributed by atoms with Crippen LogP contribution in [0.1, 0.15) is 19.3 Å². The van der Waals surface area contributed by atoms with Crippen LogP contribution in [0.2, 0.25) is 0 Å². The third-order valence-electron chi connectivity index (χ3n) is 2.33. The van der Waals surface area contributed by atoms with Crippen LogP contribution in [-0.2, 0) is 14.4 Å². The van der Waals surface area contributed by atoms with Crippen LogP contribution in [0, 0.1) is 0 Å². The van der Waals surface area contributed by atoms with Crippen molar-refractivity contribution in [3.8, 4) is 0 Å². The van der Waals surface area contributed by atoms with Crippen LogP contribution in [0.5, 0.6) is 0 Å². The van der Waals surface area contributed by atoms with E-state index in [0.29, 0.717) is 19.4 Å². The molecule has 0 fully saturated rings. The summed E-state index contributed by atoms with van der Waals surface area (Å²) in [6.07, 6.45) is 1.29. The van der Waals surface area contributed by atoms with Crippen LogP contribution in [-0.4, -0.2) is 63.8 Å². The molecule has 0 bridgehead atoms. The Morgan fingerprint density at radius 2 is 1.50 bits per heavy atom. The maximum absolute atomic E-state index is 11.0. The van der Waals surface area contributed by atoms with Crippen molar-refractivity contribution in [1.82, 2.24) is 4.90 Å². The van der Waals surface area contributed by atoms with Crippen molar-refractivity contribution in [2.24, 2.45) is 5.73 Å². The van der Waals surface area contributed by atoms with Gasteiger partial charge < -0.3 is 21.1 Å². The molecule has 0 rings (SSSR count). The lowest BCUT2D eigenvalue weighted by atomic mass is 10.1. The molecule has 0 saturated carbocycles. The van der Waals surface area contributed by atoms with Gasteiger partial charge in [0.25, 0.3) is 0 Å². The topological polar surface area (TPSA) is 141 Å². The number of carbonyl (C=O) groups is 3. The molecule has 0 aromatic heterocycles. The van der Waals surface area contributed by atoms with E-state index in [0.717, 1.165) is 4.90 Å². The monoisotopic (exact) mass is 262 g/mol. The van der Waals surface area contributed by atoms with E-state index in [2.05, 4.69) is 0 Å². The number of hydrogen-bond donors (Lipinski definition) is 4. The summed E-state index contributed by atoms with van der Waals surface area (Å²) in [6, 6.07) is -1.12. The Labute approximate surface area is 104 Å². The van der Waals surface area contributed by atoms with Gasteiger partial charge in [0.05, 0.1) is 13.1 Å². The molecule has 0 radical (unpaired) electrons. The van der Waals surface area contributed by atoms with E-state index in [9.17, 15) is 14.4 Å². The van der Waals surface area contributed by atoms with Gasteiger partial charge in [0.15, 0.2) is 0 Å². The molecule has 0 aromatic carbocycles. The zero-order valence-corrected chi connectivity index (χ0v) is 9.91. The molecular weight excluding hydrogens is 244 g/mol. The third-order valence-corrected chi connectivity index (χ3v) is 2.33. The molecule has 0 spiro atoms. The molecule has 8 nitrogen and oxygen atoms in total. The fourth-order valence-electron chi connectivity index (χ4n) is 1.57. The maximum atomic E-state index is 11.0. The summed E-state index contributed by atoms with van der Waals surface area (Å²) in [4.78, 5) is 33.2. The van der Waals surface area contributed by atoms with E-state index >= 15 is 0 Å². The molecule has 0 aliphatic carbocycles. The SMILES string of the molecule is NCCCC[C@H](C(=O)O)N(CC(=O)O)CC(=O)O. The maximum Gasteiger partial charge on any atom is 0.320 e. The van der Waals surface area contributed by atoms with E-state index in [1.807, 2.05) is 0 Å². The second kappa shape index (κ2) is 8.43. The third kappa shape index (κ3) is 6.81. The molecule has 0 amide bonds. The molecule has 0 unspecified atom stereocenters. The molecule has 0 aliphatic rings. The molecule has 0 aliphatic heterocycles. The molecule has 0 heterocycles. The summed E-state index contributed by atoms with van der Waals surface area (Å²) >= 11 is 0. The molecular formula is C10H18N2O6. The minimum atomic E-state index is -1.26. The number of nitrogens with zero attached hydrogens (tertiary/aromatic N) is 1.